The second-order valence-electron chi connectivity index (χ2n) is 6.42. The Labute approximate surface area is 119 Å². The molecule has 3 atom stereocenters. The summed E-state index contributed by atoms with van der Waals surface area (Å²) in [5.41, 5.74) is 8.95. The molecule has 2 aliphatic carbocycles. The summed E-state index contributed by atoms with van der Waals surface area (Å²) in [7, 11) is 0. The van der Waals surface area contributed by atoms with Crippen LogP contribution in [0.2, 0.25) is 0 Å². The van der Waals surface area contributed by atoms with Crippen LogP contribution in [0.5, 0.6) is 0 Å². The van der Waals surface area contributed by atoms with Crippen molar-refractivity contribution in [3.05, 3.63) is 30.5 Å². The molecule has 2 saturated carbocycles. The first-order valence-electron chi connectivity index (χ1n) is 7.68. The van der Waals surface area contributed by atoms with E-state index in [9.17, 15) is 0 Å². The monoisotopic (exact) mass is 267 g/mol. The van der Waals surface area contributed by atoms with Crippen molar-refractivity contribution in [2.75, 3.05) is 17.6 Å². The van der Waals surface area contributed by atoms with E-state index in [-0.39, 0.29) is 0 Å². The number of hydrogen-bond donors (Lipinski definition) is 2. The third-order valence-corrected chi connectivity index (χ3v) is 5.24. The number of pyridine rings is 1. The Balaban J connectivity index is 1.56. The number of aromatic nitrogens is 1. The lowest BCUT2D eigenvalue weighted by atomic mass is 9.89. The van der Waals surface area contributed by atoms with E-state index in [4.69, 9.17) is 5.73 Å². The molecular weight excluding hydrogens is 246 g/mol. The average Bonchev–Trinajstić information content (AvgIpc) is 3.09. The van der Waals surface area contributed by atoms with E-state index in [2.05, 4.69) is 16.4 Å². The first-order chi connectivity index (χ1) is 9.81. The van der Waals surface area contributed by atoms with Crippen molar-refractivity contribution in [1.29, 1.82) is 0 Å². The molecule has 0 amide bonds. The van der Waals surface area contributed by atoms with Crippen molar-refractivity contribution in [3.8, 4) is 0 Å². The van der Waals surface area contributed by atoms with Gasteiger partial charge in [0.2, 0.25) is 0 Å². The van der Waals surface area contributed by atoms with Gasteiger partial charge >= 0.3 is 0 Å². The summed E-state index contributed by atoms with van der Waals surface area (Å²) in [6, 6.07) is 8.03. The van der Waals surface area contributed by atoms with Crippen LogP contribution in [0.3, 0.4) is 0 Å². The molecule has 3 heteroatoms. The Kier molecular flexibility index (Phi) is 2.79. The van der Waals surface area contributed by atoms with Crippen molar-refractivity contribution >= 4 is 22.3 Å². The zero-order valence-electron chi connectivity index (χ0n) is 11.7. The molecule has 0 aliphatic heterocycles. The Morgan fingerprint density at radius 1 is 1.20 bits per heavy atom. The van der Waals surface area contributed by atoms with Crippen LogP contribution in [0.25, 0.3) is 10.9 Å². The fourth-order valence-electron chi connectivity index (χ4n) is 4.20. The van der Waals surface area contributed by atoms with Crippen molar-refractivity contribution in [3.63, 3.8) is 0 Å². The highest BCUT2D eigenvalue weighted by atomic mass is 14.9. The van der Waals surface area contributed by atoms with E-state index in [1.54, 1.807) is 0 Å². The Morgan fingerprint density at radius 2 is 2.15 bits per heavy atom. The zero-order valence-corrected chi connectivity index (χ0v) is 11.7. The minimum absolute atomic E-state index is 0.804. The number of rotatable bonds is 3. The molecule has 3 N–H and O–H groups in total. The van der Waals surface area contributed by atoms with Gasteiger partial charge in [-0.15, -0.1) is 0 Å². The summed E-state index contributed by atoms with van der Waals surface area (Å²) < 4.78 is 0. The van der Waals surface area contributed by atoms with E-state index >= 15 is 0 Å². The molecule has 2 aromatic rings. The molecule has 0 spiro atoms. The van der Waals surface area contributed by atoms with Gasteiger partial charge < -0.3 is 11.1 Å². The van der Waals surface area contributed by atoms with Gasteiger partial charge in [-0.25, -0.2) is 0 Å². The molecule has 3 unspecified atom stereocenters. The summed E-state index contributed by atoms with van der Waals surface area (Å²) in [5.74, 6) is 2.82. The third-order valence-electron chi connectivity index (χ3n) is 5.24. The van der Waals surface area contributed by atoms with E-state index in [1.807, 2.05) is 24.4 Å². The van der Waals surface area contributed by atoms with Gasteiger partial charge in [-0.1, -0.05) is 6.42 Å². The first-order valence-corrected chi connectivity index (χ1v) is 7.68. The topological polar surface area (TPSA) is 50.9 Å². The molecule has 0 saturated heterocycles. The lowest BCUT2D eigenvalue weighted by molar-refractivity contribution is 0.348. The highest BCUT2D eigenvalue weighted by Gasteiger charge is 2.39. The van der Waals surface area contributed by atoms with Gasteiger partial charge in [-0.3, -0.25) is 4.98 Å². The quantitative estimate of drug-likeness (QED) is 0.834. The first kappa shape index (κ1) is 12.0. The van der Waals surface area contributed by atoms with Crippen LogP contribution < -0.4 is 11.1 Å². The number of nitrogens with two attached hydrogens (primary N) is 1. The molecule has 1 aromatic heterocycles. The average molecular weight is 267 g/mol. The lowest BCUT2D eigenvalue weighted by Crippen LogP contribution is -2.20. The molecule has 2 bridgehead atoms. The number of nitrogen functional groups attached to an aromatic ring is 1. The Bertz CT molecular complexity index is 637. The minimum Gasteiger partial charge on any atom is -0.398 e. The maximum atomic E-state index is 6.03. The predicted octanol–water partition coefficient (Wildman–Crippen LogP) is 3.67. The minimum atomic E-state index is 0.804. The maximum absolute atomic E-state index is 6.03. The predicted molar refractivity (Wildman–Crippen MR) is 83.6 cm³/mol. The summed E-state index contributed by atoms with van der Waals surface area (Å²) in [6.45, 7) is 1.08. The number of benzene rings is 1. The van der Waals surface area contributed by atoms with Crippen LogP contribution in [-0.2, 0) is 0 Å². The second kappa shape index (κ2) is 4.65. The highest BCUT2D eigenvalue weighted by Crippen LogP contribution is 2.48. The van der Waals surface area contributed by atoms with Gasteiger partial charge in [0, 0.05) is 23.8 Å². The molecule has 20 heavy (non-hydrogen) atoms. The van der Waals surface area contributed by atoms with Crippen molar-refractivity contribution in [2.45, 2.75) is 25.7 Å². The molecule has 1 aromatic carbocycles. The van der Waals surface area contributed by atoms with E-state index in [0.29, 0.717) is 0 Å². The van der Waals surface area contributed by atoms with Gasteiger partial charge in [0.05, 0.1) is 11.2 Å². The molecule has 4 rings (SSSR count). The number of nitrogens with one attached hydrogen (secondary N) is 1. The summed E-state index contributed by atoms with van der Waals surface area (Å²) >= 11 is 0. The Morgan fingerprint density at radius 3 is 2.95 bits per heavy atom. The third kappa shape index (κ3) is 1.92. The van der Waals surface area contributed by atoms with Crippen LogP contribution in [0.1, 0.15) is 25.7 Å². The summed E-state index contributed by atoms with van der Waals surface area (Å²) in [6.07, 6.45) is 7.63. The number of hydrogen-bond acceptors (Lipinski definition) is 3. The lowest BCUT2D eigenvalue weighted by Gasteiger charge is -2.22. The standard InChI is InChI=1S/C17H21N3/c18-15-5-6-16(17-14(15)2-1-7-19-17)20-10-13-9-11-3-4-12(13)8-11/h1-2,5-7,11-13,20H,3-4,8-10,18H2. The highest BCUT2D eigenvalue weighted by molar-refractivity contribution is 5.98. The van der Waals surface area contributed by atoms with Crippen molar-refractivity contribution in [1.82, 2.24) is 4.98 Å². The zero-order chi connectivity index (χ0) is 13.5. The van der Waals surface area contributed by atoms with Gasteiger partial charge in [0.15, 0.2) is 0 Å². The number of anilines is 2. The van der Waals surface area contributed by atoms with Crippen molar-refractivity contribution < 1.29 is 0 Å². The summed E-state index contributed by atoms with van der Waals surface area (Å²) in [5, 5.41) is 4.67. The van der Waals surface area contributed by atoms with Crippen molar-refractivity contribution in [2.24, 2.45) is 17.8 Å². The van der Waals surface area contributed by atoms with Crippen LogP contribution in [0, 0.1) is 17.8 Å². The van der Waals surface area contributed by atoms with E-state index in [1.165, 1.54) is 25.7 Å². The van der Waals surface area contributed by atoms with E-state index < -0.39 is 0 Å². The molecular formula is C17H21N3. The van der Waals surface area contributed by atoms with Gasteiger partial charge in [-0.2, -0.15) is 0 Å². The van der Waals surface area contributed by atoms with Crippen LogP contribution >= 0.6 is 0 Å². The SMILES string of the molecule is Nc1ccc(NCC2CC3CCC2C3)c2ncccc12. The second-order valence-corrected chi connectivity index (χ2v) is 6.42. The van der Waals surface area contributed by atoms with Crippen LogP contribution in [0.4, 0.5) is 11.4 Å². The maximum Gasteiger partial charge on any atom is 0.0953 e. The van der Waals surface area contributed by atoms with Crippen LogP contribution in [-0.4, -0.2) is 11.5 Å². The van der Waals surface area contributed by atoms with E-state index in [0.717, 1.165) is 46.6 Å². The Hall–Kier alpha value is -1.77. The smallest absolute Gasteiger partial charge is 0.0953 e. The molecule has 104 valence electrons. The van der Waals surface area contributed by atoms with Crippen LogP contribution in [0.15, 0.2) is 30.5 Å². The molecule has 2 fully saturated rings. The number of fused-ring (bicyclic) bond motifs is 3. The molecule has 1 heterocycles. The normalized spacial score (nSPS) is 28.1. The molecule has 3 nitrogen and oxygen atoms in total. The largest absolute Gasteiger partial charge is 0.398 e. The fraction of sp³-hybridized carbons (Fsp3) is 0.471. The molecule has 2 aliphatic rings. The van der Waals surface area contributed by atoms with Gasteiger partial charge in [-0.05, 0) is 61.3 Å². The fourth-order valence-corrected chi connectivity index (χ4v) is 4.20. The van der Waals surface area contributed by atoms with Gasteiger partial charge in [0.25, 0.3) is 0 Å². The number of nitrogens with zero attached hydrogens (tertiary/aromatic N) is 1. The molecule has 0 radical (unpaired) electrons. The van der Waals surface area contributed by atoms with Gasteiger partial charge in [0.1, 0.15) is 0 Å². The summed E-state index contributed by atoms with van der Waals surface area (Å²) in [4.78, 5) is 4.49.